The van der Waals surface area contributed by atoms with E-state index in [4.69, 9.17) is 10.8 Å². The predicted molar refractivity (Wildman–Crippen MR) is 101 cm³/mol. The van der Waals surface area contributed by atoms with Crippen LogP contribution in [-0.2, 0) is 11.3 Å². The van der Waals surface area contributed by atoms with Gasteiger partial charge in [0.2, 0.25) is 5.91 Å². The highest BCUT2D eigenvalue weighted by atomic mass is 16.3. The van der Waals surface area contributed by atoms with Gasteiger partial charge in [-0.25, -0.2) is 4.98 Å². The normalized spacial score (nSPS) is 12.9. The average Bonchev–Trinajstić information content (AvgIpc) is 2.94. The zero-order valence-electron chi connectivity index (χ0n) is 15.7. The molecule has 2 heterocycles. The summed E-state index contributed by atoms with van der Waals surface area (Å²) in [6.07, 6.45) is 6.00. The van der Waals surface area contributed by atoms with Crippen LogP contribution in [0, 0.1) is 5.41 Å². The number of nitrogens with two attached hydrogens (primary N) is 1. The van der Waals surface area contributed by atoms with Gasteiger partial charge in [0.15, 0.2) is 0 Å². The van der Waals surface area contributed by atoms with Gasteiger partial charge in [-0.05, 0) is 36.8 Å². The van der Waals surface area contributed by atoms with Crippen molar-refractivity contribution in [2.45, 2.75) is 52.6 Å². The number of aliphatic hydroxyl groups is 1. The molecule has 7 heteroatoms. The Morgan fingerprint density at radius 2 is 2.04 bits per heavy atom. The molecule has 7 nitrogen and oxygen atoms in total. The first-order valence-electron chi connectivity index (χ1n) is 8.90. The molecule has 4 N–H and O–H groups in total. The molecule has 0 radical (unpaired) electrons. The number of carbonyl (C=O) groups is 2. The Labute approximate surface area is 153 Å². The fourth-order valence-corrected chi connectivity index (χ4v) is 2.97. The molecular weight excluding hydrogens is 332 g/mol. The Hall–Kier alpha value is -2.41. The van der Waals surface area contributed by atoms with Crippen molar-refractivity contribution in [1.82, 2.24) is 14.9 Å². The molecule has 0 fully saturated rings. The Kier molecular flexibility index (Phi) is 6.37. The summed E-state index contributed by atoms with van der Waals surface area (Å²) in [5.74, 6) is -0.896. The maximum absolute atomic E-state index is 12.8. The van der Waals surface area contributed by atoms with E-state index >= 15 is 0 Å². The van der Waals surface area contributed by atoms with Gasteiger partial charge in [0.05, 0.1) is 5.56 Å². The molecule has 0 aliphatic rings. The van der Waals surface area contributed by atoms with Gasteiger partial charge >= 0.3 is 0 Å². The minimum Gasteiger partial charge on any atom is -0.396 e. The lowest BCUT2D eigenvalue weighted by Crippen LogP contribution is -2.52. The number of carbonyl (C=O) groups excluding carboxylic acids is 2. The number of unbranched alkanes of at least 4 members (excludes halogenated alkanes) is 2. The summed E-state index contributed by atoms with van der Waals surface area (Å²) in [5.41, 5.74) is 6.19. The van der Waals surface area contributed by atoms with Crippen molar-refractivity contribution in [2.24, 2.45) is 11.1 Å². The molecule has 2 aromatic rings. The summed E-state index contributed by atoms with van der Waals surface area (Å²) in [6.45, 7) is 6.46. The third kappa shape index (κ3) is 4.60. The van der Waals surface area contributed by atoms with E-state index in [0.29, 0.717) is 12.1 Å². The SMILES string of the molecule is CC(C)(C)[C@H](NC(=O)c1cn(CCCCCO)c2ncccc12)C(N)=O. The van der Waals surface area contributed by atoms with Crippen LogP contribution in [0.15, 0.2) is 24.5 Å². The number of hydrogen-bond acceptors (Lipinski definition) is 4. The number of aryl methyl sites for hydroxylation is 1. The number of nitrogens with zero attached hydrogens (tertiary/aromatic N) is 2. The van der Waals surface area contributed by atoms with E-state index in [1.807, 2.05) is 31.4 Å². The summed E-state index contributed by atoms with van der Waals surface area (Å²) in [4.78, 5) is 29.0. The molecule has 0 aliphatic carbocycles. The largest absolute Gasteiger partial charge is 0.396 e. The molecule has 0 saturated heterocycles. The first-order chi connectivity index (χ1) is 12.3. The van der Waals surface area contributed by atoms with Gasteiger partial charge in [0, 0.05) is 30.9 Å². The van der Waals surface area contributed by atoms with Crippen molar-refractivity contribution in [3.05, 3.63) is 30.1 Å². The molecule has 2 amide bonds. The Morgan fingerprint density at radius 3 is 2.65 bits per heavy atom. The predicted octanol–water partition coefficient (Wildman–Crippen LogP) is 1.83. The van der Waals surface area contributed by atoms with Gasteiger partial charge in [-0.1, -0.05) is 20.8 Å². The van der Waals surface area contributed by atoms with Gasteiger partial charge < -0.3 is 20.7 Å². The van der Waals surface area contributed by atoms with Gasteiger partial charge in [-0.3, -0.25) is 9.59 Å². The molecule has 2 rings (SSSR count). The standard InChI is InChI=1S/C19H28N4O3/c1-19(2,3)15(16(20)25)22-18(26)14-12-23(10-5-4-6-11-24)17-13(14)8-7-9-21-17/h7-9,12,15,24H,4-6,10-11H2,1-3H3,(H2,20,25)(H,22,26)/t15-/m1/s1. The van der Waals surface area contributed by atoms with Crippen LogP contribution in [0.3, 0.4) is 0 Å². The van der Waals surface area contributed by atoms with Crippen molar-refractivity contribution >= 4 is 22.8 Å². The molecule has 0 aromatic carbocycles. The molecule has 2 aromatic heterocycles. The summed E-state index contributed by atoms with van der Waals surface area (Å²) >= 11 is 0. The second kappa shape index (κ2) is 8.31. The molecule has 0 saturated carbocycles. The molecule has 0 bridgehead atoms. The molecule has 26 heavy (non-hydrogen) atoms. The topological polar surface area (TPSA) is 110 Å². The van der Waals surface area contributed by atoms with Gasteiger partial charge in [0.1, 0.15) is 11.7 Å². The van der Waals surface area contributed by atoms with Crippen molar-refractivity contribution in [2.75, 3.05) is 6.61 Å². The van der Waals surface area contributed by atoms with Crippen LogP contribution in [0.25, 0.3) is 11.0 Å². The van der Waals surface area contributed by atoms with Crippen molar-refractivity contribution in [1.29, 1.82) is 0 Å². The molecule has 0 aliphatic heterocycles. The molecule has 0 unspecified atom stereocenters. The lowest BCUT2D eigenvalue weighted by Gasteiger charge is -2.28. The lowest BCUT2D eigenvalue weighted by atomic mass is 9.86. The van der Waals surface area contributed by atoms with Crippen molar-refractivity contribution in [3.63, 3.8) is 0 Å². The second-order valence-corrected chi connectivity index (χ2v) is 7.57. The Morgan fingerprint density at radius 1 is 1.31 bits per heavy atom. The van der Waals surface area contributed by atoms with Crippen LogP contribution in [0.5, 0.6) is 0 Å². The average molecular weight is 360 g/mol. The molecule has 0 spiro atoms. The first-order valence-corrected chi connectivity index (χ1v) is 8.90. The van der Waals surface area contributed by atoms with E-state index in [1.54, 1.807) is 18.5 Å². The minimum absolute atomic E-state index is 0.180. The smallest absolute Gasteiger partial charge is 0.254 e. The summed E-state index contributed by atoms with van der Waals surface area (Å²) < 4.78 is 1.94. The van der Waals surface area contributed by atoms with E-state index in [-0.39, 0.29) is 12.5 Å². The van der Waals surface area contributed by atoms with Gasteiger partial charge in [0.25, 0.3) is 5.91 Å². The van der Waals surface area contributed by atoms with Crippen LogP contribution >= 0.6 is 0 Å². The van der Waals surface area contributed by atoms with Crippen LogP contribution in [0.2, 0.25) is 0 Å². The van der Waals surface area contributed by atoms with Crippen molar-refractivity contribution < 1.29 is 14.7 Å². The number of aromatic nitrogens is 2. The second-order valence-electron chi connectivity index (χ2n) is 7.57. The van der Waals surface area contributed by atoms with Crippen LogP contribution in [0.1, 0.15) is 50.4 Å². The highest BCUT2D eigenvalue weighted by Gasteiger charge is 2.32. The van der Waals surface area contributed by atoms with E-state index in [9.17, 15) is 9.59 Å². The number of aliphatic hydroxyl groups excluding tert-OH is 1. The molecule has 142 valence electrons. The molecular formula is C19H28N4O3. The molecule has 1 atom stereocenters. The van der Waals surface area contributed by atoms with Crippen LogP contribution in [-0.4, -0.2) is 39.1 Å². The van der Waals surface area contributed by atoms with E-state index in [2.05, 4.69) is 10.3 Å². The summed E-state index contributed by atoms with van der Waals surface area (Å²) in [6, 6.07) is 2.86. The maximum Gasteiger partial charge on any atom is 0.254 e. The van der Waals surface area contributed by atoms with Crippen LogP contribution < -0.4 is 11.1 Å². The van der Waals surface area contributed by atoms with E-state index < -0.39 is 17.4 Å². The van der Waals surface area contributed by atoms with Gasteiger partial charge in [-0.2, -0.15) is 0 Å². The lowest BCUT2D eigenvalue weighted by molar-refractivity contribution is -0.122. The zero-order chi connectivity index (χ0) is 19.3. The zero-order valence-corrected chi connectivity index (χ0v) is 15.7. The fraction of sp³-hybridized carbons (Fsp3) is 0.526. The number of hydrogen-bond donors (Lipinski definition) is 3. The number of pyridine rings is 1. The Bertz CT molecular complexity index is 777. The highest BCUT2D eigenvalue weighted by Crippen LogP contribution is 2.23. The number of rotatable bonds is 8. The third-order valence-electron chi connectivity index (χ3n) is 4.36. The number of primary amides is 1. The maximum atomic E-state index is 12.8. The number of nitrogens with one attached hydrogen (secondary N) is 1. The van der Waals surface area contributed by atoms with E-state index in [1.165, 1.54) is 0 Å². The first kappa shape index (κ1) is 19.9. The Balaban J connectivity index is 2.28. The van der Waals surface area contributed by atoms with E-state index in [0.717, 1.165) is 30.3 Å². The minimum atomic E-state index is -0.769. The van der Waals surface area contributed by atoms with Gasteiger partial charge in [-0.15, -0.1) is 0 Å². The summed E-state index contributed by atoms with van der Waals surface area (Å²) in [7, 11) is 0. The highest BCUT2D eigenvalue weighted by molar-refractivity contribution is 6.07. The van der Waals surface area contributed by atoms with Crippen molar-refractivity contribution in [3.8, 4) is 0 Å². The monoisotopic (exact) mass is 360 g/mol. The summed E-state index contributed by atoms with van der Waals surface area (Å²) in [5, 5.41) is 12.4. The quantitative estimate of drug-likeness (QED) is 0.624. The number of amides is 2. The fourth-order valence-electron chi connectivity index (χ4n) is 2.97. The van der Waals surface area contributed by atoms with Crippen LogP contribution in [0.4, 0.5) is 0 Å². The third-order valence-corrected chi connectivity index (χ3v) is 4.36. The number of fused-ring (bicyclic) bond motifs is 1.